The van der Waals surface area contributed by atoms with Crippen LogP contribution in [0.25, 0.3) is 0 Å². The van der Waals surface area contributed by atoms with Crippen molar-refractivity contribution in [3.63, 3.8) is 0 Å². The molecule has 0 fully saturated rings. The number of hydrogen-bond acceptors (Lipinski definition) is 6. The minimum atomic E-state index is -1.02. The third-order valence-corrected chi connectivity index (χ3v) is 3.23. The van der Waals surface area contributed by atoms with Crippen molar-refractivity contribution in [3.05, 3.63) is 22.8 Å². The van der Waals surface area contributed by atoms with E-state index < -0.39 is 35.1 Å². The molecule has 0 bridgehead atoms. The smallest absolute Gasteiger partial charge is 0.405 e. The van der Waals surface area contributed by atoms with Gasteiger partial charge < -0.3 is 25.4 Å². The summed E-state index contributed by atoms with van der Waals surface area (Å²) in [5.74, 6) is -1.89. The van der Waals surface area contributed by atoms with E-state index in [0.29, 0.717) is 5.56 Å². The molecule has 1 atom stereocenters. The molecule has 0 aromatic heterocycles. The Labute approximate surface area is 128 Å². The van der Waals surface area contributed by atoms with E-state index in [-0.39, 0.29) is 11.1 Å². The number of aromatic hydroxyl groups is 2. The highest BCUT2D eigenvalue weighted by Crippen LogP contribution is 2.43. The monoisotopic (exact) mass is 311 g/mol. The lowest BCUT2D eigenvalue weighted by Gasteiger charge is -2.25. The number of nitrogens with two attached hydrogens (primary N) is 1. The molecule has 7 nitrogen and oxygen atoms in total. The maximum atomic E-state index is 11.9. The van der Waals surface area contributed by atoms with Crippen molar-refractivity contribution < 1.29 is 29.3 Å². The number of ether oxygens (including phenoxy) is 2. The number of phenols is 2. The molecule has 0 saturated heterocycles. The summed E-state index contributed by atoms with van der Waals surface area (Å²) in [4.78, 5) is 22.8. The molecule has 1 unspecified atom stereocenters. The highest BCUT2D eigenvalue weighted by Gasteiger charge is 2.30. The summed E-state index contributed by atoms with van der Waals surface area (Å²) in [7, 11) is 1.14. The summed E-state index contributed by atoms with van der Waals surface area (Å²) in [6, 6.07) is 1.49. The van der Waals surface area contributed by atoms with Crippen LogP contribution in [0.2, 0.25) is 0 Å². The lowest BCUT2D eigenvalue weighted by Crippen LogP contribution is -2.20. The van der Waals surface area contributed by atoms with Gasteiger partial charge in [0.15, 0.2) is 11.5 Å². The predicted octanol–water partition coefficient (Wildman–Crippen LogP) is 2.34. The van der Waals surface area contributed by atoms with E-state index in [0.717, 1.165) is 7.11 Å². The Bertz CT molecular complexity index is 603. The lowest BCUT2D eigenvalue weighted by atomic mass is 9.83. The number of carbonyl (C=O) groups excluding carboxylic acids is 2. The molecule has 0 radical (unpaired) electrons. The first-order chi connectivity index (χ1) is 10.0. The summed E-state index contributed by atoms with van der Waals surface area (Å²) in [5, 5.41) is 20.3. The zero-order valence-corrected chi connectivity index (χ0v) is 13.3. The Hall–Kier alpha value is -2.44. The maximum Gasteiger partial charge on any atom is 0.405 e. The summed E-state index contributed by atoms with van der Waals surface area (Å²) >= 11 is 0. The number of phenolic OH excluding ortho intramolecular Hbond substituents is 2. The molecule has 22 heavy (non-hydrogen) atoms. The Morgan fingerprint density at radius 3 is 2.18 bits per heavy atom. The van der Waals surface area contributed by atoms with Gasteiger partial charge in [-0.05, 0) is 18.4 Å². The van der Waals surface area contributed by atoms with Gasteiger partial charge in [-0.25, -0.2) is 9.59 Å². The second kappa shape index (κ2) is 6.13. The summed E-state index contributed by atoms with van der Waals surface area (Å²) in [5.41, 5.74) is 4.81. The SMILES string of the molecule is COC(=O)c1c(C(C)OC(N)=O)cc(C(C)(C)C)c(O)c1O. The predicted molar refractivity (Wildman–Crippen MR) is 78.9 cm³/mol. The Morgan fingerprint density at radius 2 is 1.77 bits per heavy atom. The van der Waals surface area contributed by atoms with Crippen LogP contribution in [0, 0.1) is 0 Å². The van der Waals surface area contributed by atoms with Crippen molar-refractivity contribution >= 4 is 12.1 Å². The van der Waals surface area contributed by atoms with Crippen LogP contribution < -0.4 is 5.73 Å². The maximum absolute atomic E-state index is 11.9. The largest absolute Gasteiger partial charge is 0.504 e. The highest BCUT2D eigenvalue weighted by atomic mass is 16.6. The molecular formula is C15H21NO6. The first kappa shape index (κ1) is 17.6. The second-order valence-electron chi connectivity index (χ2n) is 5.91. The zero-order valence-electron chi connectivity index (χ0n) is 13.3. The summed E-state index contributed by atoms with van der Waals surface area (Å²) in [6.45, 7) is 6.96. The quantitative estimate of drug-likeness (QED) is 0.582. The van der Waals surface area contributed by atoms with Gasteiger partial charge >= 0.3 is 12.1 Å². The fourth-order valence-electron chi connectivity index (χ4n) is 2.13. The van der Waals surface area contributed by atoms with Crippen molar-refractivity contribution in [2.24, 2.45) is 5.73 Å². The van der Waals surface area contributed by atoms with E-state index in [4.69, 9.17) is 10.5 Å². The molecular weight excluding hydrogens is 290 g/mol. The minimum Gasteiger partial charge on any atom is -0.504 e. The van der Waals surface area contributed by atoms with Crippen LogP contribution in [0.5, 0.6) is 11.5 Å². The van der Waals surface area contributed by atoms with E-state index in [2.05, 4.69) is 4.74 Å². The minimum absolute atomic E-state index is 0.200. The number of amides is 1. The number of primary amides is 1. The van der Waals surface area contributed by atoms with Crippen molar-refractivity contribution in [1.29, 1.82) is 0 Å². The summed E-state index contributed by atoms with van der Waals surface area (Å²) in [6.07, 6.45) is -1.92. The zero-order chi connectivity index (χ0) is 17.2. The second-order valence-corrected chi connectivity index (χ2v) is 5.91. The number of hydrogen-bond donors (Lipinski definition) is 3. The lowest BCUT2D eigenvalue weighted by molar-refractivity contribution is 0.0585. The first-order valence-electron chi connectivity index (χ1n) is 6.64. The molecule has 0 aliphatic rings. The molecule has 4 N–H and O–H groups in total. The van der Waals surface area contributed by atoms with Gasteiger partial charge in [-0.2, -0.15) is 0 Å². The number of rotatable bonds is 3. The first-order valence-corrected chi connectivity index (χ1v) is 6.64. The molecule has 1 aromatic carbocycles. The van der Waals surface area contributed by atoms with Gasteiger partial charge in [0.05, 0.1) is 7.11 Å². The third kappa shape index (κ3) is 3.41. The Balaban J connectivity index is 3.65. The van der Waals surface area contributed by atoms with Crippen molar-refractivity contribution in [1.82, 2.24) is 0 Å². The van der Waals surface area contributed by atoms with Crippen LogP contribution in [-0.4, -0.2) is 29.4 Å². The molecule has 122 valence electrons. The molecule has 7 heteroatoms. The third-order valence-electron chi connectivity index (χ3n) is 3.23. The van der Waals surface area contributed by atoms with E-state index in [1.54, 1.807) is 0 Å². The van der Waals surface area contributed by atoms with Gasteiger partial charge in [-0.15, -0.1) is 0 Å². The van der Waals surface area contributed by atoms with Crippen LogP contribution in [0.1, 0.15) is 55.3 Å². The average molecular weight is 311 g/mol. The number of carbonyl (C=O) groups is 2. The van der Waals surface area contributed by atoms with E-state index in [1.165, 1.54) is 13.0 Å². The van der Waals surface area contributed by atoms with Crippen LogP contribution >= 0.6 is 0 Å². The molecule has 0 spiro atoms. The van der Waals surface area contributed by atoms with Gasteiger partial charge in [0.1, 0.15) is 11.7 Å². The van der Waals surface area contributed by atoms with Gasteiger partial charge in [-0.3, -0.25) is 0 Å². The Morgan fingerprint density at radius 1 is 1.23 bits per heavy atom. The number of benzene rings is 1. The molecule has 0 heterocycles. The fourth-order valence-corrected chi connectivity index (χ4v) is 2.13. The standard InChI is InChI=1S/C15H21NO6/c1-7(22-14(16)20)8-6-9(15(2,3)4)11(17)12(18)10(8)13(19)21-5/h6-7,17-18H,1-5H3,(H2,16,20). The van der Waals surface area contributed by atoms with E-state index >= 15 is 0 Å². The van der Waals surface area contributed by atoms with E-state index in [1.807, 2.05) is 20.8 Å². The topological polar surface area (TPSA) is 119 Å². The van der Waals surface area contributed by atoms with Crippen LogP contribution in [0.3, 0.4) is 0 Å². The molecule has 0 aliphatic carbocycles. The Kier molecular flexibility index (Phi) is 4.91. The summed E-state index contributed by atoms with van der Waals surface area (Å²) < 4.78 is 9.48. The highest BCUT2D eigenvalue weighted by molar-refractivity contribution is 5.95. The molecule has 1 amide bonds. The molecule has 0 aliphatic heterocycles. The molecule has 1 aromatic rings. The molecule has 1 rings (SSSR count). The van der Waals surface area contributed by atoms with Gasteiger partial charge in [0.2, 0.25) is 0 Å². The van der Waals surface area contributed by atoms with Crippen LogP contribution in [0.4, 0.5) is 4.79 Å². The number of esters is 1. The number of methoxy groups -OCH3 is 1. The van der Waals surface area contributed by atoms with E-state index in [9.17, 15) is 19.8 Å². The fraction of sp³-hybridized carbons (Fsp3) is 0.467. The van der Waals surface area contributed by atoms with Crippen molar-refractivity contribution in [2.45, 2.75) is 39.2 Å². The van der Waals surface area contributed by atoms with Gasteiger partial charge in [-0.1, -0.05) is 20.8 Å². The normalized spacial score (nSPS) is 12.6. The van der Waals surface area contributed by atoms with Crippen molar-refractivity contribution in [3.8, 4) is 11.5 Å². The van der Waals surface area contributed by atoms with Gasteiger partial charge in [0.25, 0.3) is 0 Å². The van der Waals surface area contributed by atoms with Crippen molar-refractivity contribution in [2.75, 3.05) is 7.11 Å². The van der Waals surface area contributed by atoms with Gasteiger partial charge in [0, 0.05) is 11.1 Å². The van der Waals surface area contributed by atoms with Crippen LogP contribution in [0.15, 0.2) is 6.07 Å². The molecule has 0 saturated carbocycles. The van der Waals surface area contributed by atoms with Crippen LogP contribution in [-0.2, 0) is 14.9 Å². The average Bonchev–Trinajstić information content (AvgIpc) is 2.38.